The van der Waals surface area contributed by atoms with Crippen LogP contribution in [0.5, 0.6) is 28.7 Å². The number of fused-ring (bicyclic) bond motifs is 1. The first-order chi connectivity index (χ1) is 26.5. The number of hydrogen-bond acceptors (Lipinski definition) is 9. The molecule has 55 heavy (non-hydrogen) atoms. The van der Waals surface area contributed by atoms with Crippen molar-refractivity contribution in [1.29, 1.82) is 0 Å². The van der Waals surface area contributed by atoms with Crippen molar-refractivity contribution in [3.8, 4) is 39.9 Å². The van der Waals surface area contributed by atoms with Gasteiger partial charge in [0.2, 0.25) is 19.7 Å². The fraction of sp³-hybridized carbons (Fsp3) is 0.182. The van der Waals surface area contributed by atoms with E-state index in [0.717, 1.165) is 16.7 Å². The SMILES string of the molecule is Cc1ccc(S(=O)(=O)c2ccc(Oc3ccc(-c4ccc(Oc5ccc(S(=O)(=O)c6ccc(OC7COC8C(C)COC78)cc6)cc5)cc4)cc3)cc2)cc1. The van der Waals surface area contributed by atoms with Crippen molar-refractivity contribution < 1.29 is 40.5 Å². The summed E-state index contributed by atoms with van der Waals surface area (Å²) in [4.78, 5) is 0.761. The predicted octanol–water partition coefficient (Wildman–Crippen LogP) is 9.09. The maximum atomic E-state index is 13.4. The Bertz CT molecular complexity index is 2480. The highest BCUT2D eigenvalue weighted by molar-refractivity contribution is 7.91. The van der Waals surface area contributed by atoms with Crippen LogP contribution in [-0.2, 0) is 29.1 Å². The lowest BCUT2D eigenvalue weighted by atomic mass is 10.0. The molecule has 0 aliphatic carbocycles. The van der Waals surface area contributed by atoms with Gasteiger partial charge in [-0.15, -0.1) is 0 Å². The van der Waals surface area contributed by atoms with Gasteiger partial charge in [0.25, 0.3) is 0 Å². The van der Waals surface area contributed by atoms with Crippen LogP contribution >= 0.6 is 0 Å². The lowest BCUT2D eigenvalue weighted by molar-refractivity contribution is 0.0299. The number of aryl methyl sites for hydroxylation is 1. The zero-order chi connectivity index (χ0) is 38.2. The molecule has 0 bridgehead atoms. The average molecular weight is 775 g/mol. The summed E-state index contributed by atoms with van der Waals surface area (Å²) >= 11 is 0. The normalized spacial score (nSPS) is 19.5. The van der Waals surface area contributed by atoms with Crippen molar-refractivity contribution in [3.63, 3.8) is 0 Å². The van der Waals surface area contributed by atoms with Crippen LogP contribution in [0.1, 0.15) is 12.5 Å². The molecular weight excluding hydrogens is 737 g/mol. The van der Waals surface area contributed by atoms with E-state index in [-0.39, 0.29) is 37.9 Å². The van der Waals surface area contributed by atoms with Gasteiger partial charge in [-0.2, -0.15) is 0 Å². The highest BCUT2D eigenvalue weighted by Crippen LogP contribution is 2.34. The quantitative estimate of drug-likeness (QED) is 0.127. The lowest BCUT2D eigenvalue weighted by Gasteiger charge is -2.18. The van der Waals surface area contributed by atoms with Crippen LogP contribution in [0.15, 0.2) is 165 Å². The topological polar surface area (TPSA) is 114 Å². The van der Waals surface area contributed by atoms with Crippen molar-refractivity contribution in [2.24, 2.45) is 5.92 Å². The first kappa shape index (κ1) is 36.5. The molecule has 4 unspecified atom stereocenters. The van der Waals surface area contributed by atoms with E-state index in [1.54, 1.807) is 84.9 Å². The minimum absolute atomic E-state index is 0.0301. The first-order valence-corrected chi connectivity index (χ1v) is 20.8. The molecule has 11 heteroatoms. The molecule has 2 saturated heterocycles. The summed E-state index contributed by atoms with van der Waals surface area (Å²) in [5.74, 6) is 3.10. The molecule has 0 N–H and O–H groups in total. The maximum absolute atomic E-state index is 13.4. The number of benzene rings is 6. The van der Waals surface area contributed by atoms with Gasteiger partial charge in [0.1, 0.15) is 34.9 Å². The molecule has 6 aromatic rings. The minimum atomic E-state index is -3.76. The third-order valence-electron chi connectivity index (χ3n) is 9.79. The second kappa shape index (κ2) is 15.0. The molecule has 2 heterocycles. The summed E-state index contributed by atoms with van der Waals surface area (Å²) in [5, 5.41) is 0. The van der Waals surface area contributed by atoms with Gasteiger partial charge in [-0.05, 0) is 127 Å². The molecule has 0 radical (unpaired) electrons. The van der Waals surface area contributed by atoms with Gasteiger partial charge in [-0.25, -0.2) is 16.8 Å². The van der Waals surface area contributed by atoms with Crippen LogP contribution in [0.2, 0.25) is 0 Å². The second-order valence-corrected chi connectivity index (χ2v) is 17.6. The van der Waals surface area contributed by atoms with Crippen LogP contribution in [0, 0.1) is 12.8 Å². The molecule has 2 fully saturated rings. The highest BCUT2D eigenvalue weighted by atomic mass is 32.2. The Labute approximate surface area is 320 Å². The van der Waals surface area contributed by atoms with Crippen LogP contribution in [0.3, 0.4) is 0 Å². The molecule has 4 atom stereocenters. The van der Waals surface area contributed by atoms with E-state index in [1.165, 1.54) is 12.1 Å². The summed E-state index contributed by atoms with van der Waals surface area (Å²) < 4.78 is 82.5. The maximum Gasteiger partial charge on any atom is 0.206 e. The van der Waals surface area contributed by atoms with Gasteiger partial charge in [0.05, 0.1) is 38.9 Å². The van der Waals surface area contributed by atoms with E-state index in [9.17, 15) is 16.8 Å². The predicted molar refractivity (Wildman–Crippen MR) is 206 cm³/mol. The fourth-order valence-electron chi connectivity index (χ4n) is 6.69. The average Bonchev–Trinajstić information content (AvgIpc) is 3.78. The largest absolute Gasteiger partial charge is 0.485 e. The molecule has 0 amide bonds. The van der Waals surface area contributed by atoms with Gasteiger partial charge in [0, 0.05) is 5.92 Å². The zero-order valence-electron chi connectivity index (χ0n) is 30.1. The number of hydrogen-bond donors (Lipinski definition) is 0. The zero-order valence-corrected chi connectivity index (χ0v) is 31.7. The Morgan fingerprint density at radius 1 is 0.455 bits per heavy atom. The molecule has 6 aromatic carbocycles. The van der Waals surface area contributed by atoms with Crippen molar-refractivity contribution in [2.75, 3.05) is 13.2 Å². The number of rotatable bonds is 11. The standard InChI is InChI=1S/C44H38O9S2/c1-29-3-19-38(20-4-29)54(45,46)39-21-13-35(14-22-39)51-33-9-5-31(6-10-33)32-7-11-34(12-8-32)52-36-15-23-40(24-16-36)55(47,48)41-25-17-37(18-26-41)53-42-28-50-43-30(2)27-49-44(42)43/h3-26,30,42-44H,27-28H2,1-2H3. The minimum Gasteiger partial charge on any atom is -0.485 e. The summed E-state index contributed by atoms with van der Waals surface area (Å²) in [6.45, 7) is 5.09. The molecule has 0 saturated carbocycles. The molecule has 8 rings (SSSR count). The van der Waals surface area contributed by atoms with Crippen molar-refractivity contribution in [3.05, 3.63) is 151 Å². The number of sulfone groups is 2. The van der Waals surface area contributed by atoms with Crippen LogP contribution in [0.4, 0.5) is 0 Å². The number of ether oxygens (including phenoxy) is 5. The Hall–Kier alpha value is -5.46. The molecule has 2 aliphatic rings. The van der Waals surface area contributed by atoms with Crippen molar-refractivity contribution in [2.45, 2.75) is 51.7 Å². The monoisotopic (exact) mass is 774 g/mol. The Morgan fingerprint density at radius 3 is 1.22 bits per heavy atom. The molecule has 0 aromatic heterocycles. The summed E-state index contributed by atoms with van der Waals surface area (Å²) in [5.41, 5.74) is 2.92. The molecule has 0 spiro atoms. The molecular formula is C44H38O9S2. The van der Waals surface area contributed by atoms with Gasteiger partial charge >= 0.3 is 0 Å². The van der Waals surface area contributed by atoms with Crippen LogP contribution in [0.25, 0.3) is 11.1 Å². The Balaban J connectivity index is 0.853. The van der Waals surface area contributed by atoms with Gasteiger partial charge in [0.15, 0.2) is 6.10 Å². The highest BCUT2D eigenvalue weighted by Gasteiger charge is 2.47. The van der Waals surface area contributed by atoms with Crippen LogP contribution in [-0.4, -0.2) is 48.4 Å². The van der Waals surface area contributed by atoms with E-state index in [4.69, 9.17) is 23.7 Å². The van der Waals surface area contributed by atoms with Crippen LogP contribution < -0.4 is 14.2 Å². The van der Waals surface area contributed by atoms with E-state index >= 15 is 0 Å². The van der Waals surface area contributed by atoms with Gasteiger partial charge in [-0.3, -0.25) is 0 Å². The first-order valence-electron chi connectivity index (χ1n) is 17.9. The molecule has 280 valence electrons. The summed E-state index contributed by atoms with van der Waals surface area (Å²) in [7, 11) is -7.38. The smallest absolute Gasteiger partial charge is 0.206 e. The molecule has 9 nitrogen and oxygen atoms in total. The van der Waals surface area contributed by atoms with Crippen molar-refractivity contribution >= 4 is 19.7 Å². The lowest BCUT2D eigenvalue weighted by Crippen LogP contribution is -2.33. The van der Waals surface area contributed by atoms with E-state index in [0.29, 0.717) is 47.9 Å². The van der Waals surface area contributed by atoms with Gasteiger partial charge in [-0.1, -0.05) is 48.9 Å². The second-order valence-electron chi connectivity index (χ2n) is 13.7. The third-order valence-corrected chi connectivity index (χ3v) is 13.4. The van der Waals surface area contributed by atoms with Crippen molar-refractivity contribution in [1.82, 2.24) is 0 Å². The summed E-state index contributed by atoms with van der Waals surface area (Å²) in [6.07, 6.45) is -0.314. The summed E-state index contributed by atoms with van der Waals surface area (Å²) in [6, 6.07) is 41.0. The van der Waals surface area contributed by atoms with E-state index in [2.05, 4.69) is 6.92 Å². The van der Waals surface area contributed by atoms with E-state index in [1.807, 2.05) is 55.5 Å². The Kier molecular flexibility index (Phi) is 9.95. The van der Waals surface area contributed by atoms with Gasteiger partial charge < -0.3 is 23.7 Å². The van der Waals surface area contributed by atoms with E-state index < -0.39 is 19.7 Å². The fourth-order valence-corrected chi connectivity index (χ4v) is 9.22. The molecule has 2 aliphatic heterocycles. The third kappa shape index (κ3) is 7.74. The Morgan fingerprint density at radius 2 is 0.800 bits per heavy atom.